The van der Waals surface area contributed by atoms with Crippen molar-refractivity contribution in [3.8, 4) is 0 Å². The van der Waals surface area contributed by atoms with Crippen LogP contribution in [-0.2, 0) is 4.79 Å². The van der Waals surface area contributed by atoms with Crippen LogP contribution in [0.2, 0.25) is 5.02 Å². The molecule has 1 amide bonds. The molecule has 0 aliphatic heterocycles. The fourth-order valence-corrected chi connectivity index (χ4v) is 1.74. The Hall–Kier alpha value is -2.14. The van der Waals surface area contributed by atoms with Gasteiger partial charge in [-0.05, 0) is 18.2 Å². The zero-order valence-electron chi connectivity index (χ0n) is 8.63. The van der Waals surface area contributed by atoms with Gasteiger partial charge in [-0.2, -0.15) is 0 Å². The maximum Gasteiger partial charge on any atom is 0.323 e. The van der Waals surface area contributed by atoms with E-state index in [4.69, 9.17) is 17.3 Å². The summed E-state index contributed by atoms with van der Waals surface area (Å²) in [6, 6.07) is 4.37. The Morgan fingerprint density at radius 2 is 2.24 bits per heavy atom. The lowest BCUT2D eigenvalue weighted by molar-refractivity contribution is -0.102. The average molecular weight is 250 g/mol. The number of fused-ring (bicyclic) bond motifs is 1. The second-order valence-corrected chi connectivity index (χ2v) is 3.73. The van der Waals surface area contributed by atoms with Crippen LogP contribution in [-0.4, -0.2) is 23.1 Å². The molecule has 0 saturated heterocycles. The number of rotatable bonds is 2. The summed E-state index contributed by atoms with van der Waals surface area (Å²) >= 11 is 5.85. The summed E-state index contributed by atoms with van der Waals surface area (Å²) in [6.45, 7) is 0. The van der Waals surface area contributed by atoms with Crippen LogP contribution in [0.5, 0.6) is 0 Å². The van der Waals surface area contributed by atoms with Crippen LogP contribution in [0.25, 0.3) is 10.9 Å². The molecule has 6 heteroatoms. The van der Waals surface area contributed by atoms with Crippen molar-refractivity contribution < 1.29 is 9.59 Å². The fraction of sp³-hybridized carbons (Fsp3) is 0. The van der Waals surface area contributed by atoms with Crippen molar-refractivity contribution in [3.63, 3.8) is 0 Å². The van der Waals surface area contributed by atoms with Crippen LogP contribution in [0.1, 0.15) is 0 Å². The molecule has 5 nitrogen and oxygen atoms in total. The van der Waals surface area contributed by atoms with E-state index in [1.165, 1.54) is 10.8 Å². The molecule has 86 valence electrons. The van der Waals surface area contributed by atoms with E-state index < -0.39 is 6.03 Å². The van der Waals surface area contributed by atoms with Gasteiger partial charge >= 0.3 is 6.03 Å². The normalized spacial score (nSPS) is 11.1. The van der Waals surface area contributed by atoms with Gasteiger partial charge < -0.3 is 5.73 Å². The van der Waals surface area contributed by atoms with E-state index >= 15 is 0 Å². The Morgan fingerprint density at radius 1 is 1.47 bits per heavy atom. The number of aromatic nitrogens is 1. The number of nitrogens with two attached hydrogens (primary N) is 1. The minimum atomic E-state index is -0.634. The molecule has 0 fully saturated rings. The van der Waals surface area contributed by atoms with Gasteiger partial charge in [0.1, 0.15) is 0 Å². The smallest absolute Gasteiger partial charge is 0.323 e. The van der Waals surface area contributed by atoms with Crippen LogP contribution in [0.15, 0.2) is 29.4 Å². The summed E-state index contributed by atoms with van der Waals surface area (Å²) in [5.41, 5.74) is 6.28. The van der Waals surface area contributed by atoms with Crippen LogP contribution < -0.4 is 5.73 Å². The van der Waals surface area contributed by atoms with Crippen molar-refractivity contribution in [1.29, 1.82) is 0 Å². The molecule has 2 N–H and O–H groups in total. The van der Waals surface area contributed by atoms with Crippen molar-refractivity contribution in [2.24, 2.45) is 10.7 Å². The molecule has 1 aromatic heterocycles. The molecule has 1 heterocycles. The Balaban J connectivity index is 2.74. The first-order valence-corrected chi connectivity index (χ1v) is 5.09. The van der Waals surface area contributed by atoms with Crippen LogP contribution in [0.4, 0.5) is 10.5 Å². The van der Waals surface area contributed by atoms with Crippen LogP contribution in [0.3, 0.4) is 0 Å². The molecule has 0 unspecified atom stereocenters. The van der Waals surface area contributed by atoms with E-state index in [0.717, 1.165) is 6.21 Å². The molecule has 0 radical (unpaired) electrons. The highest BCUT2D eigenvalue weighted by atomic mass is 35.5. The van der Waals surface area contributed by atoms with E-state index in [1.807, 2.05) is 0 Å². The molecule has 0 aliphatic carbocycles. The van der Waals surface area contributed by atoms with Gasteiger partial charge in [0.05, 0.1) is 17.4 Å². The second-order valence-electron chi connectivity index (χ2n) is 3.30. The summed E-state index contributed by atoms with van der Waals surface area (Å²) in [7, 11) is 0. The maximum absolute atomic E-state index is 11.2. The second kappa shape index (κ2) is 4.39. The van der Waals surface area contributed by atoms with Gasteiger partial charge in [0, 0.05) is 16.6 Å². The molecule has 0 bridgehead atoms. The van der Waals surface area contributed by atoms with E-state index in [9.17, 15) is 9.59 Å². The summed E-state index contributed by atoms with van der Waals surface area (Å²) in [5.74, 6) is 0. The first kappa shape index (κ1) is 11.3. The molecule has 1 aromatic carbocycles. The number of carbonyl (C=O) groups is 2. The van der Waals surface area contributed by atoms with Gasteiger partial charge in [0.2, 0.25) is 0 Å². The van der Waals surface area contributed by atoms with E-state index in [0.29, 0.717) is 27.9 Å². The number of aldehydes is 1. The lowest BCUT2D eigenvalue weighted by Crippen LogP contribution is -2.17. The predicted octanol–water partition coefficient (Wildman–Crippen LogP) is 2.12. The largest absolute Gasteiger partial charge is 0.351 e. The van der Waals surface area contributed by atoms with Gasteiger partial charge in [-0.15, -0.1) is 0 Å². The number of hydrogen-bond acceptors (Lipinski definition) is 3. The first-order valence-electron chi connectivity index (χ1n) is 4.71. The maximum atomic E-state index is 11.2. The molecule has 0 atom stereocenters. The lowest BCUT2D eigenvalue weighted by atomic mass is 10.2. The van der Waals surface area contributed by atoms with Gasteiger partial charge in [0.15, 0.2) is 6.29 Å². The van der Waals surface area contributed by atoms with Crippen molar-refractivity contribution >= 4 is 46.7 Å². The van der Waals surface area contributed by atoms with E-state index in [2.05, 4.69) is 4.99 Å². The molecule has 0 aliphatic rings. The molecule has 2 rings (SSSR count). The van der Waals surface area contributed by atoms with E-state index in [-0.39, 0.29) is 0 Å². The van der Waals surface area contributed by atoms with Crippen molar-refractivity contribution in [2.45, 2.75) is 0 Å². The zero-order chi connectivity index (χ0) is 12.4. The number of halogens is 1. The number of nitrogens with zero attached hydrogens (tertiary/aromatic N) is 2. The topological polar surface area (TPSA) is 77.5 Å². The highest BCUT2D eigenvalue weighted by Crippen LogP contribution is 2.30. The molecular formula is C11H8ClN3O2. The highest BCUT2D eigenvalue weighted by molar-refractivity contribution is 6.31. The number of primary amides is 1. The standard InChI is InChI=1S/C11H8ClN3O2/c12-7-1-2-8-9(14-3-4-16)6-15(11(13)17)10(8)5-7/h1-6H,(H2,13,17). The quantitative estimate of drug-likeness (QED) is 0.654. The SMILES string of the molecule is NC(=O)n1cc(N=CC=O)c2ccc(Cl)cc21. The van der Waals surface area contributed by atoms with Crippen molar-refractivity contribution in [1.82, 2.24) is 4.57 Å². The minimum absolute atomic E-state index is 0.488. The fourth-order valence-electron chi connectivity index (χ4n) is 1.58. The Kier molecular flexibility index (Phi) is 2.93. The van der Waals surface area contributed by atoms with Crippen LogP contribution in [0, 0.1) is 0 Å². The molecular weight excluding hydrogens is 242 g/mol. The van der Waals surface area contributed by atoms with E-state index in [1.54, 1.807) is 18.2 Å². The number of aliphatic imine (C=N–C) groups is 1. The summed E-state index contributed by atoms with van der Waals surface area (Å²) in [5, 5.41) is 1.19. The third-order valence-corrected chi connectivity index (χ3v) is 2.49. The highest BCUT2D eigenvalue weighted by Gasteiger charge is 2.11. The number of amides is 1. The van der Waals surface area contributed by atoms with Crippen LogP contribution >= 0.6 is 11.6 Å². The third-order valence-electron chi connectivity index (χ3n) is 2.26. The van der Waals surface area contributed by atoms with Gasteiger partial charge in [-0.1, -0.05) is 11.6 Å². The minimum Gasteiger partial charge on any atom is -0.351 e. The number of benzene rings is 1. The predicted molar refractivity (Wildman–Crippen MR) is 66.1 cm³/mol. The summed E-state index contributed by atoms with van der Waals surface area (Å²) < 4.78 is 1.23. The van der Waals surface area contributed by atoms with Gasteiger partial charge in [-0.25, -0.2) is 4.79 Å². The molecule has 2 aromatic rings. The lowest BCUT2D eigenvalue weighted by Gasteiger charge is -1.98. The molecule has 17 heavy (non-hydrogen) atoms. The first-order chi connectivity index (χ1) is 8.13. The molecule has 0 spiro atoms. The molecule has 0 saturated carbocycles. The Morgan fingerprint density at radius 3 is 2.88 bits per heavy atom. The summed E-state index contributed by atoms with van der Waals surface area (Å²) in [6.07, 6.45) is 3.13. The van der Waals surface area contributed by atoms with Gasteiger partial charge in [-0.3, -0.25) is 14.4 Å². The zero-order valence-corrected chi connectivity index (χ0v) is 9.39. The van der Waals surface area contributed by atoms with Gasteiger partial charge in [0.25, 0.3) is 0 Å². The number of hydrogen-bond donors (Lipinski definition) is 1. The van der Waals surface area contributed by atoms with Crippen molar-refractivity contribution in [2.75, 3.05) is 0 Å². The van der Waals surface area contributed by atoms with Crippen molar-refractivity contribution in [3.05, 3.63) is 29.4 Å². The Bertz CT molecular complexity index is 631. The third kappa shape index (κ3) is 2.05. The monoisotopic (exact) mass is 249 g/mol. The number of carbonyl (C=O) groups excluding carboxylic acids is 2. The summed E-state index contributed by atoms with van der Waals surface area (Å²) in [4.78, 5) is 25.4. The average Bonchev–Trinajstić information content (AvgIpc) is 2.64. The Labute approximate surface area is 101 Å².